The Morgan fingerprint density at radius 2 is 2.06 bits per heavy atom. The summed E-state index contributed by atoms with van der Waals surface area (Å²) in [5.74, 6) is 0.432. The van der Waals surface area contributed by atoms with Crippen molar-refractivity contribution in [3.8, 4) is 0 Å². The summed E-state index contributed by atoms with van der Waals surface area (Å²) >= 11 is 0. The van der Waals surface area contributed by atoms with Crippen LogP contribution in [-0.2, 0) is 5.60 Å². The highest BCUT2D eigenvalue weighted by atomic mass is 19.1. The summed E-state index contributed by atoms with van der Waals surface area (Å²) in [6.07, 6.45) is 3.97. The van der Waals surface area contributed by atoms with E-state index >= 15 is 0 Å². The highest BCUT2D eigenvalue weighted by Gasteiger charge is 2.41. The van der Waals surface area contributed by atoms with Gasteiger partial charge in [-0.15, -0.1) is 0 Å². The van der Waals surface area contributed by atoms with Gasteiger partial charge in [0.05, 0.1) is 5.60 Å². The molecule has 1 aromatic carbocycles. The average Bonchev–Trinajstić information content (AvgIpc) is 2.32. The second-order valence-corrected chi connectivity index (χ2v) is 5.98. The molecule has 0 heterocycles. The SMILES string of the molecule is Cc1ccc(C2(O)CCCCC2C(C)C)cc1F. The molecule has 100 valence electrons. The minimum atomic E-state index is -0.846. The standard InChI is InChI=1S/C16H23FO/c1-11(2)14-6-4-5-9-16(14,18)13-8-7-12(3)15(17)10-13/h7-8,10-11,14,18H,4-6,9H2,1-3H3. The summed E-state index contributed by atoms with van der Waals surface area (Å²) in [6.45, 7) is 6.04. The molecule has 0 radical (unpaired) electrons. The van der Waals surface area contributed by atoms with Crippen LogP contribution in [0.3, 0.4) is 0 Å². The van der Waals surface area contributed by atoms with E-state index in [1.807, 2.05) is 6.07 Å². The van der Waals surface area contributed by atoms with Crippen LogP contribution < -0.4 is 0 Å². The average molecular weight is 250 g/mol. The van der Waals surface area contributed by atoms with Gasteiger partial charge in [0, 0.05) is 0 Å². The molecule has 2 unspecified atom stereocenters. The van der Waals surface area contributed by atoms with Gasteiger partial charge in [-0.2, -0.15) is 0 Å². The fourth-order valence-corrected chi connectivity index (χ4v) is 3.29. The van der Waals surface area contributed by atoms with Gasteiger partial charge in [-0.05, 0) is 48.8 Å². The molecule has 1 aliphatic rings. The maximum absolute atomic E-state index is 13.7. The van der Waals surface area contributed by atoms with E-state index in [1.165, 1.54) is 12.5 Å². The molecule has 1 aromatic rings. The quantitative estimate of drug-likeness (QED) is 0.835. The van der Waals surface area contributed by atoms with Crippen molar-refractivity contribution in [1.29, 1.82) is 0 Å². The van der Waals surface area contributed by atoms with Gasteiger partial charge in [-0.25, -0.2) is 4.39 Å². The lowest BCUT2D eigenvalue weighted by Crippen LogP contribution is -2.40. The van der Waals surface area contributed by atoms with Crippen LogP contribution in [0.15, 0.2) is 18.2 Å². The Balaban J connectivity index is 2.40. The molecule has 1 aliphatic carbocycles. The zero-order valence-electron chi connectivity index (χ0n) is 11.5. The Labute approximate surface area is 109 Å². The van der Waals surface area contributed by atoms with E-state index in [4.69, 9.17) is 0 Å². The van der Waals surface area contributed by atoms with Gasteiger partial charge in [-0.1, -0.05) is 38.8 Å². The van der Waals surface area contributed by atoms with Crippen LogP contribution in [0.2, 0.25) is 0 Å². The van der Waals surface area contributed by atoms with Crippen LogP contribution in [0, 0.1) is 24.6 Å². The van der Waals surface area contributed by atoms with Crippen LogP contribution in [-0.4, -0.2) is 5.11 Å². The lowest BCUT2D eigenvalue weighted by atomic mass is 9.67. The molecule has 1 saturated carbocycles. The molecule has 0 bridgehead atoms. The molecule has 1 N–H and O–H groups in total. The normalized spacial score (nSPS) is 28.7. The van der Waals surface area contributed by atoms with Crippen molar-refractivity contribution >= 4 is 0 Å². The van der Waals surface area contributed by atoms with Crippen molar-refractivity contribution in [3.05, 3.63) is 35.1 Å². The Kier molecular flexibility index (Phi) is 3.76. The molecule has 0 spiro atoms. The zero-order valence-corrected chi connectivity index (χ0v) is 11.5. The third-order valence-corrected chi connectivity index (χ3v) is 4.41. The molecule has 1 nitrogen and oxygen atoms in total. The van der Waals surface area contributed by atoms with E-state index < -0.39 is 5.60 Å². The van der Waals surface area contributed by atoms with Crippen LogP contribution in [0.4, 0.5) is 4.39 Å². The summed E-state index contributed by atoms with van der Waals surface area (Å²) in [4.78, 5) is 0. The third kappa shape index (κ3) is 2.31. The summed E-state index contributed by atoms with van der Waals surface area (Å²) in [6, 6.07) is 5.18. The molecule has 18 heavy (non-hydrogen) atoms. The Hall–Kier alpha value is -0.890. The lowest BCUT2D eigenvalue weighted by molar-refractivity contribution is -0.0723. The molecule has 1 fully saturated rings. The number of rotatable bonds is 2. The predicted molar refractivity (Wildman–Crippen MR) is 71.8 cm³/mol. The van der Waals surface area contributed by atoms with Gasteiger partial charge >= 0.3 is 0 Å². The van der Waals surface area contributed by atoms with Crippen molar-refractivity contribution < 1.29 is 9.50 Å². The van der Waals surface area contributed by atoms with E-state index in [-0.39, 0.29) is 11.7 Å². The lowest BCUT2D eigenvalue weighted by Gasteiger charge is -2.42. The molecule has 2 heteroatoms. The monoisotopic (exact) mass is 250 g/mol. The topological polar surface area (TPSA) is 20.2 Å². The third-order valence-electron chi connectivity index (χ3n) is 4.41. The van der Waals surface area contributed by atoms with E-state index in [1.54, 1.807) is 13.0 Å². The van der Waals surface area contributed by atoms with Gasteiger partial charge in [0.1, 0.15) is 5.82 Å². The highest BCUT2D eigenvalue weighted by Crippen LogP contribution is 2.45. The molecule has 0 amide bonds. The number of hydrogen-bond acceptors (Lipinski definition) is 1. The van der Waals surface area contributed by atoms with Crippen LogP contribution in [0.25, 0.3) is 0 Å². The minimum absolute atomic E-state index is 0.214. The largest absolute Gasteiger partial charge is 0.385 e. The molecule has 0 saturated heterocycles. The second kappa shape index (κ2) is 5.00. The molecule has 0 aromatic heterocycles. The Morgan fingerprint density at radius 3 is 2.67 bits per heavy atom. The summed E-state index contributed by atoms with van der Waals surface area (Å²) in [5, 5.41) is 11.0. The smallest absolute Gasteiger partial charge is 0.126 e. The van der Waals surface area contributed by atoms with Crippen LogP contribution >= 0.6 is 0 Å². The van der Waals surface area contributed by atoms with Crippen molar-refractivity contribution in [1.82, 2.24) is 0 Å². The Bertz CT molecular complexity index is 427. The molecule has 2 atom stereocenters. The van der Waals surface area contributed by atoms with Gasteiger partial charge in [0.2, 0.25) is 0 Å². The predicted octanol–water partition coefficient (Wildman–Crippen LogP) is 4.17. The van der Waals surface area contributed by atoms with Gasteiger partial charge < -0.3 is 5.11 Å². The Morgan fingerprint density at radius 1 is 1.33 bits per heavy atom. The first-order chi connectivity index (χ1) is 8.45. The first-order valence-corrected chi connectivity index (χ1v) is 6.94. The number of halogens is 1. The number of aliphatic hydroxyl groups is 1. The first kappa shape index (κ1) is 13.5. The van der Waals surface area contributed by atoms with Crippen LogP contribution in [0.1, 0.15) is 50.7 Å². The van der Waals surface area contributed by atoms with Gasteiger partial charge in [-0.3, -0.25) is 0 Å². The number of benzene rings is 1. The van der Waals surface area contributed by atoms with Gasteiger partial charge in [0.25, 0.3) is 0 Å². The van der Waals surface area contributed by atoms with E-state index in [9.17, 15) is 9.50 Å². The van der Waals surface area contributed by atoms with Crippen molar-refractivity contribution in [3.63, 3.8) is 0 Å². The summed E-state index contributed by atoms with van der Waals surface area (Å²) in [7, 11) is 0. The van der Waals surface area contributed by atoms with Crippen molar-refractivity contribution in [2.24, 2.45) is 11.8 Å². The molecule has 0 aliphatic heterocycles. The van der Waals surface area contributed by atoms with E-state index in [2.05, 4.69) is 13.8 Å². The number of hydrogen-bond donors (Lipinski definition) is 1. The molecular formula is C16H23FO. The summed E-state index contributed by atoms with van der Waals surface area (Å²) in [5.41, 5.74) is 0.546. The summed E-state index contributed by atoms with van der Waals surface area (Å²) < 4.78 is 13.7. The number of aryl methyl sites for hydroxylation is 1. The van der Waals surface area contributed by atoms with Gasteiger partial charge in [0.15, 0.2) is 0 Å². The van der Waals surface area contributed by atoms with E-state index in [0.717, 1.165) is 24.8 Å². The highest BCUT2D eigenvalue weighted by molar-refractivity contribution is 5.29. The fourth-order valence-electron chi connectivity index (χ4n) is 3.29. The van der Waals surface area contributed by atoms with Crippen molar-refractivity contribution in [2.45, 2.75) is 52.1 Å². The fraction of sp³-hybridized carbons (Fsp3) is 0.625. The first-order valence-electron chi connectivity index (χ1n) is 6.94. The minimum Gasteiger partial charge on any atom is -0.385 e. The zero-order chi connectivity index (χ0) is 13.3. The molecular weight excluding hydrogens is 227 g/mol. The van der Waals surface area contributed by atoms with E-state index in [0.29, 0.717) is 11.5 Å². The maximum Gasteiger partial charge on any atom is 0.126 e. The maximum atomic E-state index is 13.7. The van der Waals surface area contributed by atoms with Crippen molar-refractivity contribution in [2.75, 3.05) is 0 Å². The van der Waals surface area contributed by atoms with Crippen LogP contribution in [0.5, 0.6) is 0 Å². The second-order valence-electron chi connectivity index (χ2n) is 5.98. The molecule has 2 rings (SSSR count).